The van der Waals surface area contributed by atoms with Crippen LogP contribution in [-0.4, -0.2) is 8.42 Å². The average molecular weight is 410 g/mol. The maximum absolute atomic E-state index is 13.6. The van der Waals surface area contributed by atoms with E-state index in [1.165, 1.54) is 6.07 Å². The van der Waals surface area contributed by atoms with Crippen LogP contribution >= 0.6 is 22.6 Å². The third-order valence-electron chi connectivity index (χ3n) is 2.38. The van der Waals surface area contributed by atoms with Crippen LogP contribution in [0.1, 0.15) is 0 Å². The molecule has 4 nitrogen and oxygen atoms in total. The molecule has 0 saturated carbocycles. The molecule has 2 rings (SSSR count). The molecular formula is C12H9F2IN2O2S. The number of nitrogens with two attached hydrogens (primary N) is 1. The molecule has 0 radical (unpaired) electrons. The van der Waals surface area contributed by atoms with Crippen LogP contribution < -0.4 is 10.5 Å². The molecule has 0 aliphatic rings. The predicted molar refractivity (Wildman–Crippen MR) is 80.7 cm³/mol. The Balaban J connectivity index is 2.46. The Morgan fingerprint density at radius 1 is 1.15 bits per heavy atom. The Morgan fingerprint density at radius 3 is 2.50 bits per heavy atom. The van der Waals surface area contributed by atoms with Gasteiger partial charge in [-0.25, -0.2) is 17.2 Å². The Bertz CT molecular complexity index is 766. The van der Waals surface area contributed by atoms with E-state index in [0.29, 0.717) is 0 Å². The molecule has 0 aliphatic heterocycles. The van der Waals surface area contributed by atoms with Crippen LogP contribution in [0, 0.1) is 15.2 Å². The summed E-state index contributed by atoms with van der Waals surface area (Å²) >= 11 is 2.00. The summed E-state index contributed by atoms with van der Waals surface area (Å²) in [5.41, 5.74) is 5.42. The SMILES string of the molecule is Nc1cc(F)c(F)c(S(=O)(=O)Nc2cccc(I)c2)c1. The molecule has 2 aromatic rings. The first kappa shape index (κ1) is 15.0. The molecule has 0 aromatic heterocycles. The summed E-state index contributed by atoms with van der Waals surface area (Å²) in [5.74, 6) is -2.77. The van der Waals surface area contributed by atoms with Gasteiger partial charge in [0.2, 0.25) is 0 Å². The molecule has 0 fully saturated rings. The molecule has 8 heteroatoms. The van der Waals surface area contributed by atoms with Crippen molar-refractivity contribution in [2.45, 2.75) is 4.90 Å². The van der Waals surface area contributed by atoms with Crippen LogP contribution in [0.15, 0.2) is 41.3 Å². The van der Waals surface area contributed by atoms with E-state index in [4.69, 9.17) is 5.73 Å². The van der Waals surface area contributed by atoms with Crippen LogP contribution in [0.3, 0.4) is 0 Å². The van der Waals surface area contributed by atoms with Crippen molar-refractivity contribution in [2.24, 2.45) is 0 Å². The Labute approximate surface area is 128 Å². The van der Waals surface area contributed by atoms with Crippen LogP contribution in [0.4, 0.5) is 20.2 Å². The van der Waals surface area contributed by atoms with Gasteiger partial charge in [-0.05, 0) is 52.9 Å². The Kier molecular flexibility index (Phi) is 4.14. The second kappa shape index (κ2) is 5.52. The van der Waals surface area contributed by atoms with Crippen molar-refractivity contribution >= 4 is 44.0 Å². The molecular weight excluding hydrogens is 401 g/mol. The van der Waals surface area contributed by atoms with Crippen LogP contribution in [-0.2, 0) is 10.0 Å². The van der Waals surface area contributed by atoms with E-state index in [0.717, 1.165) is 15.7 Å². The van der Waals surface area contributed by atoms with Gasteiger partial charge in [0, 0.05) is 14.9 Å². The normalized spacial score (nSPS) is 11.3. The fourth-order valence-corrected chi connectivity index (χ4v) is 3.26. The summed E-state index contributed by atoms with van der Waals surface area (Å²) < 4.78 is 53.9. The van der Waals surface area contributed by atoms with E-state index in [1.807, 2.05) is 22.6 Å². The summed E-state index contributed by atoms with van der Waals surface area (Å²) in [7, 11) is -4.25. The van der Waals surface area contributed by atoms with Gasteiger partial charge in [-0.1, -0.05) is 6.07 Å². The van der Waals surface area contributed by atoms with Gasteiger partial charge in [0.15, 0.2) is 11.6 Å². The van der Waals surface area contributed by atoms with Gasteiger partial charge >= 0.3 is 0 Å². The molecule has 0 amide bonds. The first-order chi connectivity index (χ1) is 9.29. The Morgan fingerprint density at radius 2 is 1.85 bits per heavy atom. The average Bonchev–Trinajstić information content (AvgIpc) is 2.33. The molecule has 0 unspecified atom stereocenters. The van der Waals surface area contributed by atoms with Crippen molar-refractivity contribution in [3.63, 3.8) is 0 Å². The van der Waals surface area contributed by atoms with Crippen molar-refractivity contribution < 1.29 is 17.2 Å². The van der Waals surface area contributed by atoms with Crippen molar-refractivity contribution in [1.29, 1.82) is 0 Å². The second-order valence-electron chi connectivity index (χ2n) is 3.93. The molecule has 0 aliphatic carbocycles. The number of hydrogen-bond acceptors (Lipinski definition) is 3. The fraction of sp³-hybridized carbons (Fsp3) is 0. The highest BCUT2D eigenvalue weighted by Gasteiger charge is 2.22. The van der Waals surface area contributed by atoms with Crippen molar-refractivity contribution in [3.05, 3.63) is 51.6 Å². The highest BCUT2D eigenvalue weighted by atomic mass is 127. The molecule has 106 valence electrons. The topological polar surface area (TPSA) is 72.2 Å². The highest BCUT2D eigenvalue weighted by Crippen LogP contribution is 2.24. The van der Waals surface area contributed by atoms with Crippen LogP contribution in [0.5, 0.6) is 0 Å². The summed E-state index contributed by atoms with van der Waals surface area (Å²) in [4.78, 5) is -0.825. The van der Waals surface area contributed by atoms with Crippen molar-refractivity contribution in [1.82, 2.24) is 0 Å². The number of hydrogen-bond donors (Lipinski definition) is 2. The van der Waals surface area contributed by atoms with Crippen LogP contribution in [0.2, 0.25) is 0 Å². The van der Waals surface area contributed by atoms with E-state index in [9.17, 15) is 17.2 Å². The molecule has 20 heavy (non-hydrogen) atoms. The fourth-order valence-electron chi connectivity index (χ4n) is 1.54. The summed E-state index contributed by atoms with van der Waals surface area (Å²) in [6, 6.07) is 8.04. The van der Waals surface area contributed by atoms with Gasteiger partial charge in [0.05, 0.1) is 0 Å². The molecule has 0 bridgehead atoms. The number of anilines is 2. The lowest BCUT2D eigenvalue weighted by Crippen LogP contribution is -2.16. The minimum Gasteiger partial charge on any atom is -0.399 e. The zero-order valence-corrected chi connectivity index (χ0v) is 12.9. The predicted octanol–water partition coefficient (Wildman–Crippen LogP) is 2.95. The quantitative estimate of drug-likeness (QED) is 0.604. The van der Waals surface area contributed by atoms with Gasteiger partial charge in [-0.15, -0.1) is 0 Å². The van der Waals surface area contributed by atoms with E-state index < -0.39 is 26.6 Å². The number of benzene rings is 2. The molecule has 0 saturated heterocycles. The number of nitrogens with one attached hydrogen (secondary N) is 1. The lowest BCUT2D eigenvalue weighted by molar-refractivity contribution is 0.486. The maximum Gasteiger partial charge on any atom is 0.265 e. The summed E-state index contributed by atoms with van der Waals surface area (Å²) in [6.07, 6.45) is 0. The largest absolute Gasteiger partial charge is 0.399 e. The maximum atomic E-state index is 13.6. The molecule has 2 aromatic carbocycles. The first-order valence-electron chi connectivity index (χ1n) is 5.32. The van der Waals surface area contributed by atoms with Crippen molar-refractivity contribution in [3.8, 4) is 0 Å². The lowest BCUT2D eigenvalue weighted by atomic mass is 10.3. The third-order valence-corrected chi connectivity index (χ3v) is 4.44. The number of sulfonamides is 1. The van der Waals surface area contributed by atoms with E-state index in [-0.39, 0.29) is 11.4 Å². The zero-order chi connectivity index (χ0) is 14.9. The minimum atomic E-state index is -4.25. The van der Waals surface area contributed by atoms with E-state index >= 15 is 0 Å². The van der Waals surface area contributed by atoms with Crippen LogP contribution in [0.25, 0.3) is 0 Å². The van der Waals surface area contributed by atoms with Gasteiger partial charge < -0.3 is 5.73 Å². The standard InChI is InChI=1S/C12H9F2IN2O2S/c13-10-5-8(16)6-11(12(10)14)20(18,19)17-9-3-1-2-7(15)4-9/h1-6,17H,16H2. The van der Waals surface area contributed by atoms with Gasteiger partial charge in [0.25, 0.3) is 10.0 Å². The highest BCUT2D eigenvalue weighted by molar-refractivity contribution is 14.1. The molecule has 0 heterocycles. The molecule has 0 atom stereocenters. The van der Waals surface area contributed by atoms with E-state index in [1.54, 1.807) is 18.2 Å². The van der Waals surface area contributed by atoms with Crippen molar-refractivity contribution in [2.75, 3.05) is 10.5 Å². The third kappa shape index (κ3) is 3.18. The first-order valence-corrected chi connectivity index (χ1v) is 7.89. The molecule has 3 N–H and O–H groups in total. The minimum absolute atomic E-state index is 0.174. The monoisotopic (exact) mass is 410 g/mol. The number of halogens is 3. The smallest absolute Gasteiger partial charge is 0.265 e. The summed E-state index contributed by atoms with van der Waals surface area (Å²) in [5, 5.41) is 0. The van der Waals surface area contributed by atoms with E-state index in [2.05, 4.69) is 4.72 Å². The Hall–Kier alpha value is -1.42. The molecule has 0 spiro atoms. The summed E-state index contributed by atoms with van der Waals surface area (Å²) in [6.45, 7) is 0. The van der Waals surface area contributed by atoms with Gasteiger partial charge in [-0.3, -0.25) is 4.72 Å². The second-order valence-corrected chi connectivity index (χ2v) is 6.83. The number of nitrogen functional groups attached to an aromatic ring is 1. The van der Waals surface area contributed by atoms with Gasteiger partial charge in [0.1, 0.15) is 4.90 Å². The number of rotatable bonds is 3. The lowest BCUT2D eigenvalue weighted by Gasteiger charge is -2.10. The zero-order valence-electron chi connectivity index (χ0n) is 9.90. The van der Waals surface area contributed by atoms with Gasteiger partial charge in [-0.2, -0.15) is 0 Å².